The Kier molecular flexibility index (Phi) is 6.15. The molecular formula is C16H21ClN2O6S. The van der Waals surface area contributed by atoms with E-state index >= 15 is 0 Å². The number of hydrogen-bond acceptors (Lipinski definition) is 6. The number of rotatable bonds is 5. The molecule has 0 spiro atoms. The van der Waals surface area contributed by atoms with Gasteiger partial charge in [0.05, 0.1) is 23.2 Å². The molecule has 3 N–H and O–H groups in total. The fourth-order valence-corrected chi connectivity index (χ4v) is 5.04. The largest absolute Gasteiger partial charge is 0.481 e. The Morgan fingerprint density at radius 2 is 1.96 bits per heavy atom. The van der Waals surface area contributed by atoms with Crippen molar-refractivity contribution in [2.45, 2.75) is 35.4 Å². The van der Waals surface area contributed by atoms with Crippen LogP contribution in [0.1, 0.15) is 30.9 Å². The molecule has 2 atom stereocenters. The fourth-order valence-electron chi connectivity index (χ4n) is 3.15. The van der Waals surface area contributed by atoms with Gasteiger partial charge >= 0.3 is 12.1 Å². The molecule has 2 aliphatic rings. The van der Waals surface area contributed by atoms with Gasteiger partial charge in [-0.15, -0.1) is 12.4 Å². The van der Waals surface area contributed by atoms with Gasteiger partial charge in [-0.25, -0.2) is 13.2 Å². The first-order chi connectivity index (χ1) is 11.8. The zero-order chi connectivity index (χ0) is 18.2. The Morgan fingerprint density at radius 1 is 1.27 bits per heavy atom. The van der Waals surface area contributed by atoms with E-state index in [1.807, 2.05) is 0 Å². The summed E-state index contributed by atoms with van der Waals surface area (Å²) in [5.74, 6) is -1.70. The molecule has 1 saturated carbocycles. The van der Waals surface area contributed by atoms with Crippen LogP contribution in [0.3, 0.4) is 0 Å². The number of halogens is 1. The SMILES string of the molecule is COC(=O)Nc1ccc(S(=O)(=O)C2CC2)c(C2NCCC2C(=O)O)c1.Cl. The lowest BCUT2D eigenvalue weighted by molar-refractivity contribution is -0.142. The lowest BCUT2D eigenvalue weighted by atomic mass is 9.94. The minimum absolute atomic E-state index is 0. The van der Waals surface area contributed by atoms with Gasteiger partial charge in [0.1, 0.15) is 0 Å². The third kappa shape index (κ3) is 3.94. The van der Waals surface area contributed by atoms with Gasteiger partial charge in [-0.3, -0.25) is 10.1 Å². The number of ether oxygens (including phenoxy) is 1. The van der Waals surface area contributed by atoms with E-state index < -0.39 is 39.1 Å². The number of benzene rings is 1. The predicted molar refractivity (Wildman–Crippen MR) is 96.4 cm³/mol. The Morgan fingerprint density at radius 3 is 2.54 bits per heavy atom. The highest BCUT2D eigenvalue weighted by Gasteiger charge is 2.42. The Labute approximate surface area is 157 Å². The van der Waals surface area contributed by atoms with Gasteiger partial charge in [0, 0.05) is 11.7 Å². The quantitative estimate of drug-likeness (QED) is 0.685. The molecule has 26 heavy (non-hydrogen) atoms. The monoisotopic (exact) mass is 404 g/mol. The van der Waals surface area contributed by atoms with Crippen LogP contribution < -0.4 is 10.6 Å². The molecule has 2 fully saturated rings. The van der Waals surface area contributed by atoms with Crippen molar-refractivity contribution in [1.82, 2.24) is 5.32 Å². The zero-order valence-electron chi connectivity index (χ0n) is 14.1. The number of carboxylic acid groups (broad SMARTS) is 1. The summed E-state index contributed by atoms with van der Waals surface area (Å²) in [5, 5.41) is 14.6. The van der Waals surface area contributed by atoms with Crippen LogP contribution in [0.5, 0.6) is 0 Å². The van der Waals surface area contributed by atoms with Gasteiger partial charge in [0.15, 0.2) is 9.84 Å². The number of carboxylic acids is 1. The smallest absolute Gasteiger partial charge is 0.411 e. The summed E-state index contributed by atoms with van der Waals surface area (Å²) in [6.45, 7) is 0.485. The molecule has 0 radical (unpaired) electrons. The van der Waals surface area contributed by atoms with Crippen molar-refractivity contribution in [2.75, 3.05) is 19.0 Å². The Bertz CT molecular complexity index is 809. The van der Waals surface area contributed by atoms with Crippen molar-refractivity contribution in [3.63, 3.8) is 0 Å². The van der Waals surface area contributed by atoms with E-state index in [0.29, 0.717) is 37.1 Å². The fraction of sp³-hybridized carbons (Fsp3) is 0.500. The molecular weight excluding hydrogens is 384 g/mol. The first-order valence-corrected chi connectivity index (χ1v) is 9.58. The average Bonchev–Trinajstić information content (AvgIpc) is 3.32. The van der Waals surface area contributed by atoms with Crippen LogP contribution in [0.15, 0.2) is 23.1 Å². The molecule has 2 unspecified atom stereocenters. The lowest BCUT2D eigenvalue weighted by Crippen LogP contribution is -2.26. The second-order valence-electron chi connectivity index (χ2n) is 6.28. The molecule has 144 valence electrons. The third-order valence-electron chi connectivity index (χ3n) is 4.59. The molecule has 1 amide bonds. The molecule has 1 aliphatic heterocycles. The first kappa shape index (κ1) is 20.5. The predicted octanol–water partition coefficient (Wildman–Crippen LogP) is 1.96. The van der Waals surface area contributed by atoms with Crippen molar-refractivity contribution in [2.24, 2.45) is 5.92 Å². The van der Waals surface area contributed by atoms with Crippen molar-refractivity contribution in [3.8, 4) is 0 Å². The topological polar surface area (TPSA) is 122 Å². The number of nitrogens with one attached hydrogen (secondary N) is 2. The van der Waals surface area contributed by atoms with Gasteiger partial charge in [0.2, 0.25) is 0 Å². The minimum Gasteiger partial charge on any atom is -0.481 e. The maximum atomic E-state index is 12.8. The highest BCUT2D eigenvalue weighted by molar-refractivity contribution is 7.92. The molecule has 1 aromatic rings. The second-order valence-corrected chi connectivity index (χ2v) is 8.48. The number of methoxy groups -OCH3 is 1. The summed E-state index contributed by atoms with van der Waals surface area (Å²) in [7, 11) is -2.29. The maximum Gasteiger partial charge on any atom is 0.411 e. The Hall–Kier alpha value is -1.84. The van der Waals surface area contributed by atoms with Crippen molar-refractivity contribution in [3.05, 3.63) is 23.8 Å². The van der Waals surface area contributed by atoms with Crippen LogP contribution in [0.2, 0.25) is 0 Å². The van der Waals surface area contributed by atoms with Gasteiger partial charge in [-0.1, -0.05) is 0 Å². The van der Waals surface area contributed by atoms with E-state index in [1.54, 1.807) is 0 Å². The molecule has 0 aromatic heterocycles. The average molecular weight is 405 g/mol. The van der Waals surface area contributed by atoms with Crippen molar-refractivity contribution < 1.29 is 27.9 Å². The lowest BCUT2D eigenvalue weighted by Gasteiger charge is -2.21. The zero-order valence-corrected chi connectivity index (χ0v) is 15.7. The van der Waals surface area contributed by atoms with Gasteiger partial charge in [-0.05, 0) is 49.6 Å². The molecule has 10 heteroatoms. The molecule has 1 aromatic carbocycles. The highest BCUT2D eigenvalue weighted by Crippen LogP contribution is 2.40. The standard InChI is InChI=1S/C16H20N2O6S.ClH/c1-24-16(21)18-9-2-5-13(25(22,23)10-3-4-10)12(8-9)14-11(15(19)20)6-7-17-14;/h2,5,8,10-11,14,17H,3-4,6-7H2,1H3,(H,18,21)(H,19,20);1H. The molecule has 1 saturated heterocycles. The van der Waals surface area contributed by atoms with Crippen LogP contribution >= 0.6 is 12.4 Å². The minimum atomic E-state index is -3.51. The summed E-state index contributed by atoms with van der Waals surface area (Å²) in [6.07, 6.45) is 0.963. The van der Waals surface area contributed by atoms with Gasteiger partial charge in [0.25, 0.3) is 0 Å². The highest BCUT2D eigenvalue weighted by atomic mass is 35.5. The number of hydrogen-bond donors (Lipinski definition) is 3. The third-order valence-corrected chi connectivity index (χ3v) is 6.92. The van der Waals surface area contributed by atoms with Gasteiger partial charge < -0.3 is 15.2 Å². The number of aliphatic carboxylic acids is 1. The number of amides is 1. The number of anilines is 1. The van der Waals surface area contributed by atoms with E-state index in [2.05, 4.69) is 15.4 Å². The molecule has 0 bridgehead atoms. The van der Waals surface area contributed by atoms with Crippen LogP contribution in [-0.4, -0.2) is 44.5 Å². The van der Waals surface area contributed by atoms with E-state index in [0.717, 1.165) is 0 Å². The van der Waals surface area contributed by atoms with E-state index in [9.17, 15) is 23.1 Å². The van der Waals surface area contributed by atoms with Crippen LogP contribution in [-0.2, 0) is 19.4 Å². The number of sulfone groups is 1. The summed E-state index contributed by atoms with van der Waals surface area (Å²) in [4.78, 5) is 23.1. The van der Waals surface area contributed by atoms with Gasteiger partial charge in [-0.2, -0.15) is 0 Å². The van der Waals surface area contributed by atoms with E-state index in [-0.39, 0.29) is 17.3 Å². The van der Waals surface area contributed by atoms with Crippen molar-refractivity contribution >= 4 is 40.0 Å². The van der Waals surface area contributed by atoms with E-state index in [1.165, 1.54) is 25.3 Å². The first-order valence-electron chi connectivity index (χ1n) is 8.03. The number of carbonyl (C=O) groups excluding carboxylic acids is 1. The molecule has 3 rings (SSSR count). The Balaban J connectivity index is 0.00000243. The summed E-state index contributed by atoms with van der Waals surface area (Å²) < 4.78 is 30.0. The molecule has 8 nitrogen and oxygen atoms in total. The molecule has 1 aliphatic carbocycles. The van der Waals surface area contributed by atoms with E-state index in [4.69, 9.17) is 0 Å². The van der Waals surface area contributed by atoms with Crippen LogP contribution in [0.25, 0.3) is 0 Å². The summed E-state index contributed by atoms with van der Waals surface area (Å²) in [5.41, 5.74) is 0.736. The summed E-state index contributed by atoms with van der Waals surface area (Å²) in [6, 6.07) is 3.82. The van der Waals surface area contributed by atoms with Crippen molar-refractivity contribution in [1.29, 1.82) is 0 Å². The van der Waals surface area contributed by atoms with Crippen LogP contribution in [0, 0.1) is 5.92 Å². The molecule has 1 heterocycles. The second kappa shape index (κ2) is 7.81. The number of carbonyl (C=O) groups is 2. The normalized spacial score (nSPS) is 22.3. The maximum absolute atomic E-state index is 12.8. The van der Waals surface area contributed by atoms with Crippen LogP contribution in [0.4, 0.5) is 10.5 Å². The summed E-state index contributed by atoms with van der Waals surface area (Å²) >= 11 is 0.